The van der Waals surface area contributed by atoms with Crippen LogP contribution in [0.2, 0.25) is 0 Å². The first-order valence-corrected chi connectivity index (χ1v) is 16.4. The van der Waals surface area contributed by atoms with Crippen LogP contribution in [0.15, 0.2) is 24.3 Å². The van der Waals surface area contributed by atoms with Gasteiger partial charge in [-0.25, -0.2) is 4.79 Å². The highest BCUT2D eigenvalue weighted by Gasteiger charge is 2.66. The van der Waals surface area contributed by atoms with Gasteiger partial charge in [-0.2, -0.15) is 0 Å². The average Bonchev–Trinajstić information content (AvgIpc) is 3.40. The molecule has 4 rings (SSSR count). The van der Waals surface area contributed by atoms with Crippen molar-refractivity contribution < 1.29 is 38.0 Å². The average molecular weight is 607 g/mol. The van der Waals surface area contributed by atoms with Crippen molar-refractivity contribution in [3.63, 3.8) is 0 Å². The van der Waals surface area contributed by atoms with E-state index in [-0.39, 0.29) is 6.61 Å². The molecule has 3 aliphatic heterocycles. The number of fused-ring (bicyclic) bond motifs is 1. The molecule has 1 aromatic rings. The summed E-state index contributed by atoms with van der Waals surface area (Å²) >= 11 is 0. The monoisotopic (exact) mass is 606 g/mol. The van der Waals surface area contributed by atoms with Crippen LogP contribution in [-0.4, -0.2) is 94.1 Å². The minimum Gasteiger partial charge on any atom is -0.497 e. The lowest BCUT2D eigenvalue weighted by molar-refractivity contribution is -0.279. The van der Waals surface area contributed by atoms with Gasteiger partial charge in [0.1, 0.15) is 18.5 Å². The molecule has 10 nitrogen and oxygen atoms in total. The zero-order valence-corrected chi connectivity index (χ0v) is 26.8. The second-order valence-electron chi connectivity index (χ2n) is 12.4. The van der Waals surface area contributed by atoms with Gasteiger partial charge >= 0.3 is 6.09 Å². The molecule has 0 spiro atoms. The fraction of sp³-hybridized carbons (Fsp3) is 0.788. The molecular weight excluding hydrogens is 552 g/mol. The van der Waals surface area contributed by atoms with E-state index in [9.17, 15) is 4.79 Å². The van der Waals surface area contributed by atoms with Crippen molar-refractivity contribution in [1.82, 2.24) is 4.90 Å². The van der Waals surface area contributed by atoms with Crippen LogP contribution < -0.4 is 10.1 Å². The Hall–Kier alpha value is -1.95. The van der Waals surface area contributed by atoms with E-state index in [0.29, 0.717) is 37.8 Å². The predicted octanol–water partition coefficient (Wildman–Crippen LogP) is 6.13. The highest BCUT2D eigenvalue weighted by Crippen LogP contribution is 2.47. The molecule has 3 aliphatic rings. The van der Waals surface area contributed by atoms with Crippen molar-refractivity contribution in [1.29, 1.82) is 0 Å². The molecule has 1 N–H and O–H groups in total. The summed E-state index contributed by atoms with van der Waals surface area (Å²) in [6, 6.07) is 7.09. The quantitative estimate of drug-likeness (QED) is 0.198. The van der Waals surface area contributed by atoms with E-state index in [2.05, 4.69) is 17.1 Å². The summed E-state index contributed by atoms with van der Waals surface area (Å²) in [7, 11) is 1.60. The third-order valence-electron chi connectivity index (χ3n) is 8.35. The largest absolute Gasteiger partial charge is 0.497 e. The van der Waals surface area contributed by atoms with Gasteiger partial charge in [0.2, 0.25) is 5.79 Å². The van der Waals surface area contributed by atoms with E-state index < -0.39 is 36.0 Å². The molecule has 3 fully saturated rings. The number of methoxy groups -OCH3 is 1. The molecule has 3 heterocycles. The van der Waals surface area contributed by atoms with Crippen LogP contribution in [0.1, 0.15) is 85.0 Å². The van der Waals surface area contributed by atoms with Crippen LogP contribution in [-0.2, 0) is 28.4 Å². The third-order valence-corrected chi connectivity index (χ3v) is 8.35. The van der Waals surface area contributed by atoms with Gasteiger partial charge in [0, 0.05) is 31.9 Å². The number of anilines is 1. The van der Waals surface area contributed by atoms with E-state index in [4.69, 9.17) is 33.2 Å². The molecule has 0 unspecified atom stereocenters. The van der Waals surface area contributed by atoms with Crippen molar-refractivity contribution >= 4 is 11.8 Å². The van der Waals surface area contributed by atoms with Gasteiger partial charge < -0.3 is 33.2 Å². The fourth-order valence-electron chi connectivity index (χ4n) is 6.13. The van der Waals surface area contributed by atoms with E-state index in [1.54, 1.807) is 31.4 Å². The number of hydrogen-bond acceptors (Lipinski definition) is 9. The highest BCUT2D eigenvalue weighted by molar-refractivity contribution is 5.84. The van der Waals surface area contributed by atoms with Crippen molar-refractivity contribution in [3.05, 3.63) is 24.3 Å². The van der Waals surface area contributed by atoms with Gasteiger partial charge in [0.05, 0.1) is 20.3 Å². The third kappa shape index (κ3) is 10.3. The number of nitrogens with zero attached hydrogens (tertiary/aromatic N) is 1. The molecule has 1 aromatic carbocycles. The minimum atomic E-state index is -1.16. The minimum absolute atomic E-state index is 0.206. The van der Waals surface area contributed by atoms with Crippen LogP contribution in [0.25, 0.3) is 0 Å². The van der Waals surface area contributed by atoms with Crippen molar-refractivity contribution in [3.8, 4) is 5.75 Å². The van der Waals surface area contributed by atoms with Crippen LogP contribution in [0, 0.1) is 0 Å². The van der Waals surface area contributed by atoms with Gasteiger partial charge in [-0.05, 0) is 44.5 Å². The number of carbonyl (C=O) groups is 1. The topological polar surface area (TPSA) is 97.0 Å². The van der Waals surface area contributed by atoms with Crippen LogP contribution >= 0.6 is 0 Å². The summed E-state index contributed by atoms with van der Waals surface area (Å²) in [6.07, 6.45) is 10.3. The summed E-state index contributed by atoms with van der Waals surface area (Å²) < 4.78 is 42.3. The smallest absolute Gasteiger partial charge is 0.412 e. The van der Waals surface area contributed by atoms with E-state index in [1.807, 2.05) is 13.8 Å². The normalized spacial score (nSPS) is 26.7. The zero-order valence-electron chi connectivity index (χ0n) is 26.8. The number of hydrogen-bond donors (Lipinski definition) is 1. The Labute approximate surface area is 258 Å². The number of benzene rings is 1. The van der Waals surface area contributed by atoms with Gasteiger partial charge in [-0.3, -0.25) is 10.2 Å². The van der Waals surface area contributed by atoms with Crippen LogP contribution in [0.4, 0.5) is 10.5 Å². The van der Waals surface area contributed by atoms with Crippen molar-refractivity contribution in [2.24, 2.45) is 0 Å². The number of amides is 1. The fourth-order valence-corrected chi connectivity index (χ4v) is 6.13. The van der Waals surface area contributed by atoms with E-state index in [1.165, 1.54) is 51.4 Å². The summed E-state index contributed by atoms with van der Waals surface area (Å²) in [6.45, 7) is 10.2. The Bertz CT molecular complexity index is 955. The van der Waals surface area contributed by atoms with E-state index in [0.717, 1.165) is 25.9 Å². The molecule has 0 radical (unpaired) electrons. The number of carbonyl (C=O) groups excluding carboxylic acids is 1. The second kappa shape index (κ2) is 16.9. The summed E-state index contributed by atoms with van der Waals surface area (Å²) in [5, 5.41) is 2.82. The van der Waals surface area contributed by atoms with Crippen LogP contribution in [0.5, 0.6) is 5.75 Å². The van der Waals surface area contributed by atoms with Gasteiger partial charge in [-0.15, -0.1) is 0 Å². The lowest BCUT2D eigenvalue weighted by atomic mass is 10.0. The molecule has 244 valence electrons. The number of unbranched alkanes of at least 4 members (excludes halogenated alkanes) is 9. The molecule has 0 aromatic heterocycles. The molecule has 4 atom stereocenters. The number of ether oxygens (including phenoxy) is 7. The molecule has 0 aliphatic carbocycles. The Balaban J connectivity index is 1.32. The number of morpholine rings is 1. The molecule has 43 heavy (non-hydrogen) atoms. The maximum absolute atomic E-state index is 13.1. The molecular formula is C33H54N2O8. The van der Waals surface area contributed by atoms with Gasteiger partial charge in [0.15, 0.2) is 18.0 Å². The van der Waals surface area contributed by atoms with Crippen molar-refractivity contribution in [2.45, 2.75) is 115 Å². The summed E-state index contributed by atoms with van der Waals surface area (Å²) in [5.74, 6) is -1.37. The Morgan fingerprint density at radius 1 is 0.953 bits per heavy atom. The molecule has 0 bridgehead atoms. The molecule has 0 saturated carbocycles. The zero-order chi connectivity index (χ0) is 30.5. The maximum atomic E-state index is 13.1. The van der Waals surface area contributed by atoms with Crippen molar-refractivity contribution in [2.75, 3.05) is 58.5 Å². The SMILES string of the molecule is CCCCCCCCCCCCOC[C@@]12O[C@@H](CN3CCOCC3)[C@@H](OC(=O)Nc3ccc(OC)cc3)[C@@H]1OC(C)(C)O2. The number of nitrogens with one attached hydrogen (secondary N) is 1. The highest BCUT2D eigenvalue weighted by atomic mass is 16.9. The molecule has 10 heteroatoms. The summed E-state index contributed by atoms with van der Waals surface area (Å²) in [5.41, 5.74) is 0.601. The van der Waals surface area contributed by atoms with Crippen LogP contribution in [0.3, 0.4) is 0 Å². The first-order chi connectivity index (χ1) is 20.8. The Morgan fingerprint density at radius 3 is 2.26 bits per heavy atom. The predicted molar refractivity (Wildman–Crippen MR) is 164 cm³/mol. The second-order valence-corrected chi connectivity index (χ2v) is 12.4. The Morgan fingerprint density at radius 2 is 1.60 bits per heavy atom. The van der Waals surface area contributed by atoms with E-state index >= 15 is 0 Å². The maximum Gasteiger partial charge on any atom is 0.412 e. The first kappa shape index (κ1) is 33.9. The molecule has 1 amide bonds. The Kier molecular flexibility index (Phi) is 13.4. The van der Waals surface area contributed by atoms with Gasteiger partial charge in [-0.1, -0.05) is 64.7 Å². The lowest BCUT2D eigenvalue weighted by Gasteiger charge is -2.33. The molecule has 3 saturated heterocycles. The lowest BCUT2D eigenvalue weighted by Crippen LogP contribution is -2.47. The van der Waals surface area contributed by atoms with Gasteiger partial charge in [0.25, 0.3) is 0 Å². The summed E-state index contributed by atoms with van der Waals surface area (Å²) in [4.78, 5) is 15.4. The first-order valence-electron chi connectivity index (χ1n) is 16.4. The standard InChI is InChI=1S/C33H54N2O8/c1-5-6-7-8-9-10-11-12-13-14-21-39-25-33-30(42-32(2,3)43-33)29(28(41-33)24-35-19-22-38-23-20-35)40-31(36)34-26-15-17-27(37-4)18-16-26/h15-18,28-30H,5-14,19-25H2,1-4H3,(H,34,36)/t28-,29+,30-,33-/m0/s1. The number of rotatable bonds is 18.